The monoisotopic (exact) mass is 403 g/mol. The maximum absolute atomic E-state index is 13.1. The highest BCUT2D eigenvalue weighted by molar-refractivity contribution is 6.47. The molecule has 0 aliphatic carbocycles. The molecular weight excluding hydrogens is 385 g/mol. The van der Waals surface area contributed by atoms with Crippen molar-refractivity contribution in [1.82, 2.24) is 4.90 Å². The molecule has 6 nitrogen and oxygen atoms in total. The number of nitrogens with zero attached hydrogens (tertiary/aromatic N) is 2. The summed E-state index contributed by atoms with van der Waals surface area (Å²) in [6.45, 7) is 3.28. The number of hydrogen-bond donors (Lipinski definition) is 1. The van der Waals surface area contributed by atoms with Crippen LogP contribution in [0.1, 0.15) is 19.4 Å². The van der Waals surface area contributed by atoms with Crippen LogP contribution in [-0.2, 0) is 9.59 Å². The number of anilines is 1. The summed E-state index contributed by atoms with van der Waals surface area (Å²) >= 11 is 6.06. The Morgan fingerprint density at radius 3 is 2.54 bits per heavy atom. The van der Waals surface area contributed by atoms with Crippen molar-refractivity contribution >= 4 is 34.8 Å². The molecule has 0 saturated carbocycles. The van der Waals surface area contributed by atoms with E-state index in [2.05, 4.69) is 10.3 Å². The van der Waals surface area contributed by atoms with Gasteiger partial charge in [-0.25, -0.2) is 4.39 Å². The average Bonchev–Trinajstić information content (AvgIpc) is 2.86. The number of carbonyl (C=O) groups excluding carboxylic acids is 2. The molecule has 0 fully saturated rings. The first-order valence-electron chi connectivity index (χ1n) is 8.52. The van der Waals surface area contributed by atoms with Gasteiger partial charge in [0.25, 0.3) is 5.91 Å². The number of carbonyl (C=O) groups is 2. The molecule has 8 heteroatoms. The molecule has 0 atom stereocenters. The normalized spacial score (nSPS) is 15.4. The number of rotatable bonds is 5. The number of hydrogen-bond acceptors (Lipinski definition) is 4. The van der Waals surface area contributed by atoms with Gasteiger partial charge in [0.15, 0.2) is 0 Å². The van der Waals surface area contributed by atoms with Crippen molar-refractivity contribution in [3.63, 3.8) is 0 Å². The summed E-state index contributed by atoms with van der Waals surface area (Å²) in [7, 11) is 1.50. The predicted molar refractivity (Wildman–Crippen MR) is 105 cm³/mol. The van der Waals surface area contributed by atoms with Crippen LogP contribution in [0.2, 0.25) is 5.02 Å². The Morgan fingerprint density at radius 2 is 1.93 bits per heavy atom. The molecule has 2 aromatic rings. The third-order valence-corrected chi connectivity index (χ3v) is 4.64. The van der Waals surface area contributed by atoms with E-state index >= 15 is 0 Å². The van der Waals surface area contributed by atoms with Crippen LogP contribution in [0.25, 0.3) is 0 Å². The lowest BCUT2D eigenvalue weighted by Crippen LogP contribution is -2.46. The molecule has 0 bridgehead atoms. The van der Waals surface area contributed by atoms with Crippen molar-refractivity contribution in [3.8, 4) is 5.75 Å². The molecule has 146 valence electrons. The third kappa shape index (κ3) is 3.99. The Labute approximate surface area is 167 Å². The minimum Gasteiger partial charge on any atom is -0.495 e. The Balaban J connectivity index is 1.73. The number of aliphatic imine (C=N–C) groups is 1. The summed E-state index contributed by atoms with van der Waals surface area (Å²) in [5.74, 6) is -0.686. The fourth-order valence-electron chi connectivity index (χ4n) is 2.91. The van der Waals surface area contributed by atoms with Gasteiger partial charge in [0.1, 0.15) is 29.5 Å². The maximum Gasteiger partial charge on any atom is 0.275 e. The van der Waals surface area contributed by atoms with E-state index in [0.29, 0.717) is 22.0 Å². The maximum atomic E-state index is 13.1. The van der Waals surface area contributed by atoms with Crippen LogP contribution in [0.4, 0.5) is 10.1 Å². The van der Waals surface area contributed by atoms with Gasteiger partial charge < -0.3 is 15.0 Å². The molecule has 1 N–H and O–H groups in total. The van der Waals surface area contributed by atoms with Crippen LogP contribution in [0, 0.1) is 5.82 Å². The van der Waals surface area contributed by atoms with E-state index in [0.717, 1.165) is 0 Å². The second-order valence-electron chi connectivity index (χ2n) is 6.75. The lowest BCUT2D eigenvalue weighted by Gasteiger charge is -2.28. The molecule has 1 aliphatic rings. The molecule has 0 unspecified atom stereocenters. The zero-order valence-corrected chi connectivity index (χ0v) is 16.4. The van der Waals surface area contributed by atoms with E-state index in [4.69, 9.17) is 16.3 Å². The zero-order valence-electron chi connectivity index (χ0n) is 15.6. The smallest absolute Gasteiger partial charge is 0.275 e. The van der Waals surface area contributed by atoms with Crippen LogP contribution in [0.5, 0.6) is 5.75 Å². The van der Waals surface area contributed by atoms with E-state index in [1.807, 2.05) is 0 Å². The number of amides is 2. The molecule has 2 amide bonds. The minimum absolute atomic E-state index is 0.191. The van der Waals surface area contributed by atoms with Gasteiger partial charge in [-0.2, -0.15) is 0 Å². The Hall–Kier alpha value is -2.93. The number of halogens is 2. The number of ether oxygens (including phenoxy) is 1. The standard InChI is InChI=1S/C20H19ClFN3O3/c1-20(2)24-18(12-4-6-13(22)7-5-12)19(27)25(20)11-17(26)23-14-8-9-16(28-3)15(21)10-14/h4-10H,11H2,1-3H3,(H,23,26). The minimum atomic E-state index is -0.907. The van der Waals surface area contributed by atoms with Gasteiger partial charge >= 0.3 is 0 Å². The Bertz CT molecular complexity index is 958. The fourth-order valence-corrected chi connectivity index (χ4v) is 3.17. The molecule has 0 aromatic heterocycles. The first-order chi connectivity index (χ1) is 13.2. The highest BCUT2D eigenvalue weighted by Crippen LogP contribution is 2.28. The summed E-state index contributed by atoms with van der Waals surface area (Å²) in [5.41, 5.74) is 0.282. The van der Waals surface area contributed by atoms with Gasteiger partial charge in [-0.15, -0.1) is 0 Å². The SMILES string of the molecule is COc1ccc(NC(=O)CN2C(=O)C(c3ccc(F)cc3)=NC2(C)C)cc1Cl. The molecule has 3 rings (SSSR count). The quantitative estimate of drug-likeness (QED) is 0.830. The summed E-state index contributed by atoms with van der Waals surface area (Å²) in [5, 5.41) is 3.07. The topological polar surface area (TPSA) is 71.0 Å². The van der Waals surface area contributed by atoms with E-state index in [9.17, 15) is 14.0 Å². The van der Waals surface area contributed by atoms with Crippen LogP contribution in [0.3, 0.4) is 0 Å². The molecule has 28 heavy (non-hydrogen) atoms. The van der Waals surface area contributed by atoms with Crippen LogP contribution in [-0.4, -0.2) is 41.7 Å². The lowest BCUT2D eigenvalue weighted by molar-refractivity contribution is -0.131. The van der Waals surface area contributed by atoms with Crippen molar-refractivity contribution in [2.75, 3.05) is 19.0 Å². The molecule has 1 aliphatic heterocycles. The van der Waals surface area contributed by atoms with E-state index < -0.39 is 17.4 Å². The van der Waals surface area contributed by atoms with Crippen LogP contribution in [0.15, 0.2) is 47.5 Å². The zero-order chi connectivity index (χ0) is 20.5. The van der Waals surface area contributed by atoms with E-state index in [1.54, 1.807) is 32.0 Å². The molecule has 0 radical (unpaired) electrons. The largest absolute Gasteiger partial charge is 0.495 e. The fraction of sp³-hybridized carbons (Fsp3) is 0.250. The highest BCUT2D eigenvalue weighted by Gasteiger charge is 2.41. The lowest BCUT2D eigenvalue weighted by atomic mass is 10.1. The highest BCUT2D eigenvalue weighted by atomic mass is 35.5. The van der Waals surface area contributed by atoms with Crippen molar-refractivity contribution in [2.45, 2.75) is 19.5 Å². The van der Waals surface area contributed by atoms with Crippen molar-refractivity contribution in [2.24, 2.45) is 4.99 Å². The Morgan fingerprint density at radius 1 is 1.25 bits per heavy atom. The second-order valence-corrected chi connectivity index (χ2v) is 7.16. The van der Waals surface area contributed by atoms with Gasteiger partial charge in [0.05, 0.1) is 12.1 Å². The van der Waals surface area contributed by atoms with E-state index in [-0.39, 0.29) is 18.2 Å². The summed E-state index contributed by atoms with van der Waals surface area (Å²) in [4.78, 5) is 31.1. The first kappa shape index (κ1) is 19.8. The van der Waals surface area contributed by atoms with Gasteiger partial charge in [0.2, 0.25) is 5.91 Å². The number of benzene rings is 2. The van der Waals surface area contributed by atoms with E-state index in [1.165, 1.54) is 36.3 Å². The molecular formula is C20H19ClFN3O3. The average molecular weight is 404 g/mol. The first-order valence-corrected chi connectivity index (χ1v) is 8.90. The molecule has 2 aromatic carbocycles. The molecule has 1 heterocycles. The summed E-state index contributed by atoms with van der Waals surface area (Å²) in [6, 6.07) is 10.4. The molecule has 0 spiro atoms. The summed E-state index contributed by atoms with van der Waals surface area (Å²) < 4.78 is 18.2. The van der Waals surface area contributed by atoms with Gasteiger partial charge in [-0.1, -0.05) is 11.6 Å². The molecule has 0 saturated heterocycles. The van der Waals surface area contributed by atoms with Crippen molar-refractivity contribution < 1.29 is 18.7 Å². The number of methoxy groups -OCH3 is 1. The summed E-state index contributed by atoms with van der Waals surface area (Å²) in [6.07, 6.45) is 0. The van der Waals surface area contributed by atoms with Crippen LogP contribution >= 0.6 is 11.6 Å². The predicted octanol–water partition coefficient (Wildman–Crippen LogP) is 3.49. The van der Waals surface area contributed by atoms with Gasteiger partial charge in [0, 0.05) is 11.3 Å². The van der Waals surface area contributed by atoms with Gasteiger partial charge in [-0.3, -0.25) is 14.6 Å². The van der Waals surface area contributed by atoms with Gasteiger partial charge in [-0.05, 0) is 56.3 Å². The number of nitrogens with one attached hydrogen (secondary N) is 1. The second kappa shape index (κ2) is 7.59. The van der Waals surface area contributed by atoms with Crippen LogP contribution < -0.4 is 10.1 Å². The Kier molecular flexibility index (Phi) is 5.38. The van der Waals surface area contributed by atoms with Crippen molar-refractivity contribution in [3.05, 3.63) is 58.9 Å². The van der Waals surface area contributed by atoms with Crippen molar-refractivity contribution in [1.29, 1.82) is 0 Å². The third-order valence-electron chi connectivity index (χ3n) is 4.35.